The number of nitrogens with zero attached hydrogens (tertiary/aromatic N) is 5. The standard InChI is InChI=1S/C22H36N6/c23-18-20(19-24)22(25-10-7-13-26-11-5-2-6-12-26)28-16-14-27(15-17-28)21-8-3-1-4-9-21/h21,25H,1-17H2. The summed E-state index contributed by atoms with van der Waals surface area (Å²) in [6.07, 6.45) is 11.8. The molecule has 2 aliphatic heterocycles. The van der Waals surface area contributed by atoms with Gasteiger partial charge in [0.2, 0.25) is 0 Å². The van der Waals surface area contributed by atoms with E-state index < -0.39 is 0 Å². The van der Waals surface area contributed by atoms with Crippen LogP contribution in [0.25, 0.3) is 0 Å². The zero-order valence-electron chi connectivity index (χ0n) is 17.3. The van der Waals surface area contributed by atoms with E-state index in [-0.39, 0.29) is 5.57 Å². The van der Waals surface area contributed by atoms with Crippen LogP contribution in [0.5, 0.6) is 0 Å². The molecule has 0 spiro atoms. The van der Waals surface area contributed by atoms with E-state index in [0.717, 1.165) is 57.6 Å². The maximum Gasteiger partial charge on any atom is 0.169 e. The Kier molecular flexibility index (Phi) is 8.45. The summed E-state index contributed by atoms with van der Waals surface area (Å²) in [5.41, 5.74) is 0.226. The molecule has 0 atom stereocenters. The van der Waals surface area contributed by atoms with Gasteiger partial charge < -0.3 is 15.1 Å². The number of hydrogen-bond donors (Lipinski definition) is 1. The Bertz CT molecular complexity index is 565. The summed E-state index contributed by atoms with van der Waals surface area (Å²) < 4.78 is 0. The molecule has 2 heterocycles. The molecule has 0 aromatic heterocycles. The first-order valence-electron chi connectivity index (χ1n) is 11.3. The van der Waals surface area contributed by atoms with Crippen molar-refractivity contribution < 1.29 is 0 Å². The number of rotatable bonds is 7. The molecule has 28 heavy (non-hydrogen) atoms. The van der Waals surface area contributed by atoms with Gasteiger partial charge >= 0.3 is 0 Å². The summed E-state index contributed by atoms with van der Waals surface area (Å²) in [5.74, 6) is 0.756. The second kappa shape index (κ2) is 11.3. The minimum absolute atomic E-state index is 0.226. The van der Waals surface area contributed by atoms with E-state index in [1.54, 1.807) is 0 Å². The molecule has 3 rings (SSSR count). The molecular formula is C22H36N6. The second-order valence-corrected chi connectivity index (χ2v) is 8.44. The highest BCUT2D eigenvalue weighted by Crippen LogP contribution is 2.24. The van der Waals surface area contributed by atoms with E-state index >= 15 is 0 Å². The largest absolute Gasteiger partial charge is 0.370 e. The lowest BCUT2D eigenvalue weighted by atomic mass is 9.94. The second-order valence-electron chi connectivity index (χ2n) is 8.44. The van der Waals surface area contributed by atoms with Crippen molar-refractivity contribution in [3.63, 3.8) is 0 Å². The predicted octanol–water partition coefficient (Wildman–Crippen LogP) is 2.66. The summed E-state index contributed by atoms with van der Waals surface area (Å²) in [6.45, 7) is 8.23. The van der Waals surface area contributed by atoms with Gasteiger partial charge in [-0.2, -0.15) is 10.5 Å². The maximum atomic E-state index is 9.43. The van der Waals surface area contributed by atoms with Crippen LogP contribution in [0.3, 0.4) is 0 Å². The Hall–Kier alpha value is -1.76. The van der Waals surface area contributed by atoms with Crippen molar-refractivity contribution in [3.05, 3.63) is 11.4 Å². The molecule has 1 N–H and O–H groups in total. The Morgan fingerprint density at radius 3 is 2.11 bits per heavy atom. The molecule has 2 saturated heterocycles. The Morgan fingerprint density at radius 2 is 1.46 bits per heavy atom. The minimum atomic E-state index is 0.226. The van der Waals surface area contributed by atoms with Gasteiger partial charge in [0, 0.05) is 38.8 Å². The fourth-order valence-electron chi connectivity index (χ4n) is 4.94. The van der Waals surface area contributed by atoms with Crippen molar-refractivity contribution in [2.75, 3.05) is 52.4 Å². The van der Waals surface area contributed by atoms with Gasteiger partial charge in [-0.25, -0.2) is 0 Å². The molecule has 3 fully saturated rings. The van der Waals surface area contributed by atoms with Gasteiger partial charge in [0.25, 0.3) is 0 Å². The van der Waals surface area contributed by atoms with E-state index in [1.165, 1.54) is 64.5 Å². The maximum absolute atomic E-state index is 9.43. The molecule has 0 bridgehead atoms. The smallest absolute Gasteiger partial charge is 0.169 e. The van der Waals surface area contributed by atoms with Gasteiger partial charge in [-0.05, 0) is 51.7 Å². The average molecular weight is 385 g/mol. The molecule has 3 aliphatic rings. The van der Waals surface area contributed by atoms with Crippen molar-refractivity contribution in [2.45, 2.75) is 63.8 Å². The molecule has 154 valence electrons. The van der Waals surface area contributed by atoms with Crippen LogP contribution in [0.4, 0.5) is 0 Å². The predicted molar refractivity (Wildman–Crippen MR) is 111 cm³/mol. The number of nitrogens with one attached hydrogen (secondary N) is 1. The number of allylic oxidation sites excluding steroid dienone is 1. The van der Waals surface area contributed by atoms with Crippen molar-refractivity contribution in [1.29, 1.82) is 10.5 Å². The van der Waals surface area contributed by atoms with Crippen molar-refractivity contribution in [3.8, 4) is 12.1 Å². The van der Waals surface area contributed by atoms with Gasteiger partial charge in [-0.1, -0.05) is 25.7 Å². The molecule has 0 aromatic rings. The highest BCUT2D eigenvalue weighted by molar-refractivity contribution is 5.39. The molecule has 6 nitrogen and oxygen atoms in total. The van der Waals surface area contributed by atoms with Crippen LogP contribution in [-0.2, 0) is 0 Å². The number of likely N-dealkylation sites (tertiary alicyclic amines) is 1. The lowest BCUT2D eigenvalue weighted by Crippen LogP contribution is -2.52. The summed E-state index contributed by atoms with van der Waals surface area (Å²) in [4.78, 5) is 7.39. The van der Waals surface area contributed by atoms with Crippen LogP contribution in [0, 0.1) is 22.7 Å². The van der Waals surface area contributed by atoms with Crippen molar-refractivity contribution in [1.82, 2.24) is 20.0 Å². The first-order valence-corrected chi connectivity index (χ1v) is 11.3. The van der Waals surface area contributed by atoms with Gasteiger partial charge in [-0.3, -0.25) is 4.90 Å². The van der Waals surface area contributed by atoms with Gasteiger partial charge in [0.1, 0.15) is 18.0 Å². The first kappa shape index (κ1) is 21.0. The molecule has 0 amide bonds. The average Bonchev–Trinajstić information content (AvgIpc) is 2.77. The van der Waals surface area contributed by atoms with E-state index in [0.29, 0.717) is 0 Å². The molecule has 1 aliphatic carbocycles. The molecule has 1 saturated carbocycles. The Morgan fingerprint density at radius 1 is 0.821 bits per heavy atom. The normalized spacial score (nSPS) is 22.3. The molecular weight excluding hydrogens is 348 g/mol. The van der Waals surface area contributed by atoms with Crippen LogP contribution >= 0.6 is 0 Å². The zero-order valence-corrected chi connectivity index (χ0v) is 17.3. The highest BCUT2D eigenvalue weighted by Gasteiger charge is 2.27. The van der Waals surface area contributed by atoms with Gasteiger partial charge in [0.05, 0.1) is 0 Å². The number of nitriles is 2. The molecule has 0 unspecified atom stereocenters. The topological polar surface area (TPSA) is 69.3 Å². The lowest BCUT2D eigenvalue weighted by Gasteiger charge is -2.42. The van der Waals surface area contributed by atoms with E-state index in [4.69, 9.17) is 0 Å². The minimum Gasteiger partial charge on any atom is -0.370 e. The third-order valence-electron chi connectivity index (χ3n) is 6.57. The summed E-state index contributed by atoms with van der Waals surface area (Å²) in [7, 11) is 0. The fourth-order valence-corrected chi connectivity index (χ4v) is 4.94. The Labute approximate surface area is 170 Å². The monoisotopic (exact) mass is 384 g/mol. The number of piperazine rings is 1. The van der Waals surface area contributed by atoms with Crippen LogP contribution in [0.2, 0.25) is 0 Å². The van der Waals surface area contributed by atoms with Gasteiger partial charge in [-0.15, -0.1) is 0 Å². The zero-order chi connectivity index (χ0) is 19.6. The third-order valence-corrected chi connectivity index (χ3v) is 6.57. The van der Waals surface area contributed by atoms with Crippen LogP contribution < -0.4 is 5.32 Å². The third kappa shape index (κ3) is 5.87. The van der Waals surface area contributed by atoms with Crippen molar-refractivity contribution in [2.24, 2.45) is 0 Å². The number of hydrogen-bond acceptors (Lipinski definition) is 6. The summed E-state index contributed by atoms with van der Waals surface area (Å²) >= 11 is 0. The van der Waals surface area contributed by atoms with E-state index in [2.05, 4.69) is 32.2 Å². The van der Waals surface area contributed by atoms with E-state index in [1.807, 2.05) is 0 Å². The molecule has 0 aromatic carbocycles. The fraction of sp³-hybridized carbons (Fsp3) is 0.818. The summed E-state index contributed by atoms with van der Waals surface area (Å²) in [5, 5.41) is 22.3. The SMILES string of the molecule is N#CC(C#N)=C(NCCCN1CCCCC1)N1CCN(C2CCCCC2)CC1. The van der Waals surface area contributed by atoms with Gasteiger partial charge in [0.15, 0.2) is 5.57 Å². The van der Waals surface area contributed by atoms with Crippen LogP contribution in [-0.4, -0.2) is 73.1 Å². The Balaban J connectivity index is 1.49. The highest BCUT2D eigenvalue weighted by atomic mass is 15.3. The lowest BCUT2D eigenvalue weighted by molar-refractivity contribution is 0.0906. The summed E-state index contributed by atoms with van der Waals surface area (Å²) in [6, 6.07) is 4.95. The van der Waals surface area contributed by atoms with Crippen molar-refractivity contribution >= 4 is 0 Å². The molecule has 6 heteroatoms. The van der Waals surface area contributed by atoms with Crippen LogP contribution in [0.15, 0.2) is 11.4 Å². The number of piperidine rings is 1. The molecule has 0 radical (unpaired) electrons. The quantitative estimate of drug-likeness (QED) is 0.538. The van der Waals surface area contributed by atoms with E-state index in [9.17, 15) is 10.5 Å². The first-order chi connectivity index (χ1) is 13.8. The van der Waals surface area contributed by atoms with Crippen LogP contribution in [0.1, 0.15) is 57.8 Å².